The maximum absolute atomic E-state index is 12.6. The molecule has 0 saturated carbocycles. The Kier molecular flexibility index (Phi) is 9.45. The van der Waals surface area contributed by atoms with Crippen molar-refractivity contribution < 1.29 is 14.4 Å². The van der Waals surface area contributed by atoms with Crippen molar-refractivity contribution in [3.8, 4) is 0 Å². The number of hydrogen-bond acceptors (Lipinski definition) is 5. The zero-order valence-corrected chi connectivity index (χ0v) is 19.8. The molecule has 10 heteroatoms. The molecule has 2 aliphatic rings. The maximum atomic E-state index is 12.6. The number of unbranched alkanes of at least 4 members (excludes halogenated alkanes) is 1. The molecule has 3 amide bonds. The minimum absolute atomic E-state index is 0.136. The number of carbonyl (C=O) groups excluding carboxylic acids is 3. The van der Waals surface area contributed by atoms with Crippen LogP contribution in [0.1, 0.15) is 51.0 Å². The van der Waals surface area contributed by atoms with Crippen molar-refractivity contribution in [1.82, 2.24) is 16.0 Å². The van der Waals surface area contributed by atoms with Crippen molar-refractivity contribution >= 4 is 35.2 Å². The molecule has 2 fully saturated rings. The maximum Gasteiger partial charge on any atom is 0.242 e. The summed E-state index contributed by atoms with van der Waals surface area (Å²) in [6.07, 6.45) is 4.83. The molecule has 1 aromatic rings. The molecule has 0 radical (unpaired) electrons. The molecule has 0 aliphatic carbocycles. The van der Waals surface area contributed by atoms with Crippen molar-refractivity contribution in [3.63, 3.8) is 0 Å². The summed E-state index contributed by atoms with van der Waals surface area (Å²) in [5.41, 5.74) is 9.90. The molecule has 0 spiro atoms. The van der Waals surface area contributed by atoms with Crippen LogP contribution in [0.3, 0.4) is 0 Å². The van der Waals surface area contributed by atoms with E-state index < -0.39 is 6.04 Å². The molecule has 9 nitrogen and oxygen atoms in total. The molecule has 2 aliphatic heterocycles. The normalized spacial score (nSPS) is 22.1. The van der Waals surface area contributed by atoms with Crippen LogP contribution in [-0.4, -0.2) is 47.4 Å². The quantitative estimate of drug-likeness (QED) is 0.186. The Bertz CT molecular complexity index is 887. The van der Waals surface area contributed by atoms with E-state index >= 15 is 0 Å². The summed E-state index contributed by atoms with van der Waals surface area (Å²) in [4.78, 5) is 39.6. The second-order valence-electron chi connectivity index (χ2n) is 8.65. The number of nitrogens with zero attached hydrogens (tertiary/aromatic N) is 3. The van der Waals surface area contributed by atoms with Gasteiger partial charge >= 0.3 is 0 Å². The number of benzene rings is 1. The van der Waals surface area contributed by atoms with E-state index in [0.717, 1.165) is 37.0 Å². The standard InChI is InChI=1S/C23H32N6O3S/c1-2-11-25-23(32)18(12-15-7-9-17(10-8-15)28-29-24)26-20(30)6-4-3-5-19-22-16(14-33-19)13-21(31)27-22/h7-10,16,18-19,22H,2-6,11-14H2,1H3,(H,25,32)(H,26,30)(H,27,31). The number of azide groups is 1. The summed E-state index contributed by atoms with van der Waals surface area (Å²) in [7, 11) is 0. The average molecular weight is 473 g/mol. The van der Waals surface area contributed by atoms with Gasteiger partial charge in [-0.05, 0) is 42.0 Å². The largest absolute Gasteiger partial charge is 0.354 e. The van der Waals surface area contributed by atoms with E-state index in [4.69, 9.17) is 5.53 Å². The van der Waals surface area contributed by atoms with Gasteiger partial charge in [-0.15, -0.1) is 0 Å². The summed E-state index contributed by atoms with van der Waals surface area (Å²) in [5.74, 6) is 1.32. The Morgan fingerprint density at radius 1 is 1.30 bits per heavy atom. The van der Waals surface area contributed by atoms with E-state index in [1.54, 1.807) is 24.3 Å². The number of amides is 3. The molecular weight excluding hydrogens is 440 g/mol. The van der Waals surface area contributed by atoms with Gasteiger partial charge in [0.1, 0.15) is 6.04 Å². The fraction of sp³-hybridized carbons (Fsp3) is 0.609. The molecule has 33 heavy (non-hydrogen) atoms. The van der Waals surface area contributed by atoms with Gasteiger partial charge in [-0.1, -0.05) is 42.7 Å². The summed E-state index contributed by atoms with van der Waals surface area (Å²) in [5, 5.41) is 12.8. The van der Waals surface area contributed by atoms with Crippen LogP contribution < -0.4 is 16.0 Å². The molecule has 2 heterocycles. The summed E-state index contributed by atoms with van der Waals surface area (Å²) >= 11 is 1.93. The van der Waals surface area contributed by atoms with Crippen molar-refractivity contribution in [2.45, 2.75) is 69.2 Å². The van der Waals surface area contributed by atoms with Crippen LogP contribution in [0.15, 0.2) is 29.4 Å². The molecule has 0 aromatic heterocycles. The first-order valence-electron chi connectivity index (χ1n) is 11.6. The number of thioether (sulfide) groups is 1. The Labute approximate surface area is 198 Å². The summed E-state index contributed by atoms with van der Waals surface area (Å²) in [6, 6.07) is 6.60. The van der Waals surface area contributed by atoms with E-state index in [1.807, 2.05) is 18.7 Å². The molecule has 4 unspecified atom stereocenters. The molecule has 3 rings (SSSR count). The molecule has 4 atom stereocenters. The van der Waals surface area contributed by atoms with E-state index in [0.29, 0.717) is 42.7 Å². The van der Waals surface area contributed by atoms with Crippen LogP contribution in [0, 0.1) is 5.92 Å². The Morgan fingerprint density at radius 2 is 2.09 bits per heavy atom. The molecular formula is C23H32N6O3S. The lowest BCUT2D eigenvalue weighted by atomic mass is 9.97. The van der Waals surface area contributed by atoms with Crippen molar-refractivity contribution in [2.75, 3.05) is 12.3 Å². The van der Waals surface area contributed by atoms with Crippen molar-refractivity contribution in [2.24, 2.45) is 11.0 Å². The first kappa shape index (κ1) is 24.9. The van der Waals surface area contributed by atoms with Gasteiger partial charge in [-0.3, -0.25) is 14.4 Å². The molecule has 1 aromatic carbocycles. The number of rotatable bonds is 12. The fourth-order valence-electron chi connectivity index (χ4n) is 4.36. The predicted octanol–water partition coefficient (Wildman–Crippen LogP) is 3.36. The van der Waals surface area contributed by atoms with Gasteiger partial charge in [0, 0.05) is 47.7 Å². The van der Waals surface area contributed by atoms with E-state index in [9.17, 15) is 14.4 Å². The van der Waals surface area contributed by atoms with Crippen LogP contribution in [0.2, 0.25) is 0 Å². The van der Waals surface area contributed by atoms with Gasteiger partial charge in [-0.2, -0.15) is 11.8 Å². The van der Waals surface area contributed by atoms with Crippen LogP contribution in [0.5, 0.6) is 0 Å². The molecule has 178 valence electrons. The van der Waals surface area contributed by atoms with Crippen LogP contribution in [-0.2, 0) is 20.8 Å². The topological polar surface area (TPSA) is 136 Å². The number of carbonyl (C=O) groups is 3. The highest BCUT2D eigenvalue weighted by Gasteiger charge is 2.42. The third kappa shape index (κ3) is 7.40. The highest BCUT2D eigenvalue weighted by Crippen LogP contribution is 2.39. The lowest BCUT2D eigenvalue weighted by molar-refractivity contribution is -0.129. The van der Waals surface area contributed by atoms with Crippen LogP contribution in [0.25, 0.3) is 10.4 Å². The highest BCUT2D eigenvalue weighted by atomic mass is 32.2. The smallest absolute Gasteiger partial charge is 0.242 e. The van der Waals surface area contributed by atoms with Crippen molar-refractivity contribution in [1.29, 1.82) is 0 Å². The van der Waals surface area contributed by atoms with Gasteiger partial charge in [-0.25, -0.2) is 0 Å². The van der Waals surface area contributed by atoms with Gasteiger partial charge < -0.3 is 16.0 Å². The Hall–Kier alpha value is -2.71. The number of hydrogen-bond donors (Lipinski definition) is 3. The highest BCUT2D eigenvalue weighted by molar-refractivity contribution is 8.00. The fourth-order valence-corrected chi connectivity index (χ4v) is 6.02. The van der Waals surface area contributed by atoms with Gasteiger partial charge in [0.15, 0.2) is 0 Å². The van der Waals surface area contributed by atoms with E-state index in [-0.39, 0.29) is 23.8 Å². The van der Waals surface area contributed by atoms with E-state index in [1.165, 1.54) is 0 Å². The van der Waals surface area contributed by atoms with Gasteiger partial charge in [0.25, 0.3) is 0 Å². The summed E-state index contributed by atoms with van der Waals surface area (Å²) < 4.78 is 0. The molecule has 3 N–H and O–H groups in total. The van der Waals surface area contributed by atoms with Crippen LogP contribution >= 0.6 is 11.8 Å². The zero-order valence-electron chi connectivity index (χ0n) is 19.0. The lowest BCUT2D eigenvalue weighted by Crippen LogP contribution is -2.48. The third-order valence-corrected chi connectivity index (χ3v) is 7.67. The minimum atomic E-state index is -0.658. The molecule has 0 bridgehead atoms. The second kappa shape index (κ2) is 12.5. The monoisotopic (exact) mass is 472 g/mol. The van der Waals surface area contributed by atoms with Crippen LogP contribution in [0.4, 0.5) is 5.69 Å². The van der Waals surface area contributed by atoms with Gasteiger partial charge in [0.05, 0.1) is 0 Å². The van der Waals surface area contributed by atoms with E-state index in [2.05, 4.69) is 26.0 Å². The van der Waals surface area contributed by atoms with Gasteiger partial charge in [0.2, 0.25) is 17.7 Å². The third-order valence-electron chi connectivity index (χ3n) is 6.09. The molecule has 2 saturated heterocycles. The average Bonchev–Trinajstić information content (AvgIpc) is 3.35. The lowest BCUT2D eigenvalue weighted by Gasteiger charge is -2.19. The van der Waals surface area contributed by atoms with Crippen molar-refractivity contribution in [3.05, 3.63) is 40.3 Å². The predicted molar refractivity (Wildman–Crippen MR) is 129 cm³/mol. The number of nitrogens with one attached hydrogen (secondary N) is 3. The second-order valence-corrected chi connectivity index (χ2v) is 9.92. The minimum Gasteiger partial charge on any atom is -0.354 e. The number of fused-ring (bicyclic) bond motifs is 1. The first-order chi connectivity index (χ1) is 16.0. The first-order valence-corrected chi connectivity index (χ1v) is 12.7. The Balaban J connectivity index is 1.46. The summed E-state index contributed by atoms with van der Waals surface area (Å²) in [6.45, 7) is 2.53. The SMILES string of the molecule is CCCNC(=O)C(Cc1ccc(N=[N+]=[N-])cc1)NC(=O)CCCCC1SCC2CC(=O)NC21. The zero-order chi connectivity index (χ0) is 23.6. The Morgan fingerprint density at radius 3 is 2.82 bits per heavy atom.